The molecule has 0 amide bonds. The Hall–Kier alpha value is -0.593. The van der Waals surface area contributed by atoms with E-state index >= 15 is 0 Å². The normalized spacial score (nSPS) is 14.5. The van der Waals surface area contributed by atoms with Crippen LogP contribution in [0.1, 0.15) is 40.5 Å². The van der Waals surface area contributed by atoms with E-state index in [4.69, 9.17) is 9.47 Å². The van der Waals surface area contributed by atoms with E-state index in [-0.39, 0.29) is 12.3 Å². The molecule has 0 aliphatic heterocycles. The summed E-state index contributed by atoms with van der Waals surface area (Å²) in [7, 11) is 4.41. The summed E-state index contributed by atoms with van der Waals surface area (Å²) in [6, 6.07) is 0.665. The number of rotatable bonds is 8. The Balaban J connectivity index is 4.26. The van der Waals surface area contributed by atoms with E-state index in [0.29, 0.717) is 11.7 Å². The first kappa shape index (κ1) is 18.4. The molecule has 0 radical (unpaired) electrons. The van der Waals surface area contributed by atoms with E-state index < -0.39 is 0 Å². The molecule has 0 saturated carbocycles. The SMILES string of the molecule is COC(CCC([SiH3])NC(=NC(C)C)NC(C)C)OC. The second-order valence-corrected chi connectivity index (χ2v) is 6.79. The maximum Gasteiger partial charge on any atom is 0.191 e. The van der Waals surface area contributed by atoms with E-state index in [1.165, 1.54) is 0 Å². The van der Waals surface area contributed by atoms with E-state index in [0.717, 1.165) is 29.0 Å². The molecule has 0 saturated heterocycles. The Morgan fingerprint density at radius 3 is 2.05 bits per heavy atom. The third-order valence-electron chi connectivity index (χ3n) is 2.56. The highest BCUT2D eigenvalue weighted by atomic mass is 28.1. The molecule has 114 valence electrons. The lowest BCUT2D eigenvalue weighted by Gasteiger charge is -2.22. The van der Waals surface area contributed by atoms with Crippen LogP contribution in [0.5, 0.6) is 0 Å². The highest BCUT2D eigenvalue weighted by molar-refractivity contribution is 6.13. The summed E-state index contributed by atoms with van der Waals surface area (Å²) in [6.07, 6.45) is 1.81. The Kier molecular flexibility index (Phi) is 9.91. The van der Waals surface area contributed by atoms with Crippen LogP contribution in [0, 0.1) is 0 Å². The molecule has 0 fully saturated rings. The average Bonchev–Trinajstić information content (AvgIpc) is 2.28. The molecule has 19 heavy (non-hydrogen) atoms. The van der Waals surface area contributed by atoms with Gasteiger partial charge in [0.25, 0.3) is 0 Å². The second-order valence-electron chi connectivity index (χ2n) is 5.39. The van der Waals surface area contributed by atoms with Gasteiger partial charge in [0, 0.05) is 42.2 Å². The van der Waals surface area contributed by atoms with E-state index in [2.05, 4.69) is 43.3 Å². The summed E-state index contributed by atoms with van der Waals surface area (Å²) in [6.45, 7) is 8.40. The van der Waals surface area contributed by atoms with Crippen molar-refractivity contribution in [1.29, 1.82) is 0 Å². The monoisotopic (exact) mass is 289 g/mol. The first-order valence-electron chi connectivity index (χ1n) is 7.05. The summed E-state index contributed by atoms with van der Waals surface area (Å²) >= 11 is 0. The first-order chi connectivity index (χ1) is 8.88. The Morgan fingerprint density at radius 2 is 1.63 bits per heavy atom. The molecule has 0 aliphatic carbocycles. The summed E-state index contributed by atoms with van der Waals surface area (Å²) in [5.41, 5.74) is 0.455. The number of methoxy groups -OCH3 is 2. The van der Waals surface area contributed by atoms with Gasteiger partial charge in [0.05, 0.1) is 0 Å². The van der Waals surface area contributed by atoms with Crippen molar-refractivity contribution in [2.45, 2.75) is 64.6 Å². The van der Waals surface area contributed by atoms with E-state index in [1.54, 1.807) is 14.2 Å². The van der Waals surface area contributed by atoms with Crippen LogP contribution in [-0.2, 0) is 9.47 Å². The highest BCUT2D eigenvalue weighted by Crippen LogP contribution is 2.03. The number of nitrogens with zero attached hydrogens (tertiary/aromatic N) is 1. The zero-order valence-electron chi connectivity index (χ0n) is 13.5. The van der Waals surface area contributed by atoms with Gasteiger partial charge in [0.15, 0.2) is 12.2 Å². The van der Waals surface area contributed by atoms with Gasteiger partial charge in [-0.05, 0) is 40.5 Å². The van der Waals surface area contributed by atoms with E-state index in [1.807, 2.05) is 0 Å². The Morgan fingerprint density at radius 1 is 1.05 bits per heavy atom. The maximum absolute atomic E-state index is 5.20. The molecular weight excluding hydrogens is 258 g/mol. The minimum absolute atomic E-state index is 0.109. The molecule has 0 bridgehead atoms. The van der Waals surface area contributed by atoms with Crippen LogP contribution in [0.2, 0.25) is 0 Å². The van der Waals surface area contributed by atoms with Gasteiger partial charge in [0.2, 0.25) is 0 Å². The molecule has 1 unspecified atom stereocenters. The number of hydrogen-bond donors (Lipinski definition) is 2. The standard InChI is InChI=1S/C13H31N3O2Si/c1-9(2)14-13(15-10(3)4)16-11(19)7-8-12(17-5)18-6/h9-12H,7-8H2,1-6,19H3,(H2,14,15,16). The summed E-state index contributed by atoms with van der Waals surface area (Å²) in [5.74, 6) is 0.899. The van der Waals surface area contributed by atoms with Crippen LogP contribution in [0.15, 0.2) is 4.99 Å². The fourth-order valence-corrected chi connectivity index (χ4v) is 2.28. The lowest BCUT2D eigenvalue weighted by Crippen LogP contribution is -2.46. The van der Waals surface area contributed by atoms with Gasteiger partial charge in [0.1, 0.15) is 0 Å². The Bertz CT molecular complexity index is 256. The largest absolute Gasteiger partial charge is 0.357 e. The molecule has 1 atom stereocenters. The van der Waals surface area contributed by atoms with Gasteiger partial charge in [-0.25, -0.2) is 0 Å². The summed E-state index contributed by atoms with van der Waals surface area (Å²) in [5, 5.41) is 6.83. The minimum atomic E-state index is -0.109. The molecule has 5 nitrogen and oxygen atoms in total. The lowest BCUT2D eigenvalue weighted by molar-refractivity contribution is -0.107. The summed E-state index contributed by atoms with van der Waals surface area (Å²) in [4.78, 5) is 4.58. The van der Waals surface area contributed by atoms with Crippen molar-refractivity contribution in [2.24, 2.45) is 4.99 Å². The second kappa shape index (κ2) is 10.2. The van der Waals surface area contributed by atoms with Crippen LogP contribution in [0.25, 0.3) is 0 Å². The van der Waals surface area contributed by atoms with Crippen LogP contribution in [0.4, 0.5) is 0 Å². The predicted molar refractivity (Wildman–Crippen MR) is 84.7 cm³/mol. The smallest absolute Gasteiger partial charge is 0.191 e. The average molecular weight is 289 g/mol. The first-order valence-corrected chi connectivity index (χ1v) is 8.21. The molecule has 0 aromatic heterocycles. The minimum Gasteiger partial charge on any atom is -0.357 e. The lowest BCUT2D eigenvalue weighted by atomic mass is 10.3. The number of ether oxygens (including phenoxy) is 2. The quantitative estimate of drug-likeness (QED) is 0.294. The zero-order valence-corrected chi connectivity index (χ0v) is 15.5. The van der Waals surface area contributed by atoms with Crippen LogP contribution >= 0.6 is 0 Å². The highest BCUT2D eigenvalue weighted by Gasteiger charge is 2.11. The predicted octanol–water partition coefficient (Wildman–Crippen LogP) is 0.429. The van der Waals surface area contributed by atoms with Crippen LogP contribution < -0.4 is 10.6 Å². The molecule has 0 spiro atoms. The maximum atomic E-state index is 5.20. The van der Waals surface area contributed by atoms with Crippen molar-refractivity contribution in [3.8, 4) is 0 Å². The van der Waals surface area contributed by atoms with Crippen molar-refractivity contribution in [2.75, 3.05) is 14.2 Å². The molecular formula is C13H31N3O2Si. The fraction of sp³-hybridized carbons (Fsp3) is 0.923. The third kappa shape index (κ3) is 9.92. The summed E-state index contributed by atoms with van der Waals surface area (Å²) < 4.78 is 10.4. The number of hydrogen-bond acceptors (Lipinski definition) is 3. The van der Waals surface area contributed by atoms with Gasteiger partial charge in [-0.15, -0.1) is 0 Å². The molecule has 6 heteroatoms. The van der Waals surface area contributed by atoms with Gasteiger partial charge in [-0.1, -0.05) is 0 Å². The molecule has 0 aromatic rings. The number of guanidine groups is 1. The van der Waals surface area contributed by atoms with Crippen molar-refractivity contribution >= 4 is 16.2 Å². The number of aliphatic imine (C=N–C) groups is 1. The molecule has 0 aliphatic rings. The van der Waals surface area contributed by atoms with Crippen molar-refractivity contribution in [3.63, 3.8) is 0 Å². The van der Waals surface area contributed by atoms with Gasteiger partial charge < -0.3 is 20.1 Å². The van der Waals surface area contributed by atoms with Crippen molar-refractivity contribution in [1.82, 2.24) is 10.6 Å². The third-order valence-corrected chi connectivity index (χ3v) is 3.42. The van der Waals surface area contributed by atoms with E-state index in [9.17, 15) is 0 Å². The Labute approximate surface area is 121 Å². The van der Waals surface area contributed by atoms with Gasteiger partial charge in [-0.3, -0.25) is 4.99 Å². The molecule has 2 N–H and O–H groups in total. The van der Waals surface area contributed by atoms with Crippen LogP contribution in [-0.4, -0.2) is 54.5 Å². The van der Waals surface area contributed by atoms with Crippen molar-refractivity contribution < 1.29 is 9.47 Å². The van der Waals surface area contributed by atoms with Gasteiger partial charge >= 0.3 is 0 Å². The number of nitrogens with one attached hydrogen (secondary N) is 2. The molecule has 0 aromatic carbocycles. The zero-order chi connectivity index (χ0) is 14.8. The molecule has 0 heterocycles. The topological polar surface area (TPSA) is 54.9 Å². The van der Waals surface area contributed by atoms with Crippen LogP contribution in [0.3, 0.4) is 0 Å². The van der Waals surface area contributed by atoms with Gasteiger partial charge in [-0.2, -0.15) is 0 Å². The fourth-order valence-electron chi connectivity index (χ4n) is 1.67. The molecule has 0 rings (SSSR count). The van der Waals surface area contributed by atoms with Crippen molar-refractivity contribution in [3.05, 3.63) is 0 Å².